The monoisotopic (exact) mass is 247 g/mol. The minimum atomic E-state index is 0.485. The summed E-state index contributed by atoms with van der Waals surface area (Å²) in [6.45, 7) is 0. The summed E-state index contributed by atoms with van der Waals surface area (Å²) in [4.78, 5) is 0. The van der Waals surface area contributed by atoms with Crippen molar-refractivity contribution < 1.29 is 4.74 Å². The van der Waals surface area contributed by atoms with E-state index in [4.69, 9.17) is 4.74 Å². The highest BCUT2D eigenvalue weighted by atomic mass is 16.5. The molecule has 1 aromatic carbocycles. The fourth-order valence-electron chi connectivity index (χ4n) is 3.01. The lowest BCUT2D eigenvalue weighted by Crippen LogP contribution is -2.21. The largest absolute Gasteiger partial charge is 0.497 e. The Morgan fingerprint density at radius 2 is 1.83 bits per heavy atom. The molecule has 1 aromatic rings. The minimum absolute atomic E-state index is 0.485. The molecule has 1 aliphatic carbocycles. The predicted molar refractivity (Wildman–Crippen MR) is 76.0 cm³/mol. The molecule has 0 aromatic heterocycles. The van der Waals surface area contributed by atoms with Gasteiger partial charge in [-0.25, -0.2) is 0 Å². The SMILES string of the molecule is CNC(CC1CCCCC1)c1ccc(OC)cc1. The van der Waals surface area contributed by atoms with Gasteiger partial charge in [-0.3, -0.25) is 0 Å². The fourth-order valence-corrected chi connectivity index (χ4v) is 3.01. The van der Waals surface area contributed by atoms with Crippen molar-refractivity contribution in [3.63, 3.8) is 0 Å². The van der Waals surface area contributed by atoms with Crippen LogP contribution in [0.4, 0.5) is 0 Å². The van der Waals surface area contributed by atoms with Crippen molar-refractivity contribution in [3.05, 3.63) is 29.8 Å². The predicted octanol–water partition coefficient (Wildman–Crippen LogP) is 3.93. The Labute approximate surface area is 111 Å². The Kier molecular flexibility index (Phi) is 5.06. The van der Waals surface area contributed by atoms with Gasteiger partial charge < -0.3 is 10.1 Å². The van der Waals surface area contributed by atoms with E-state index in [2.05, 4.69) is 36.6 Å². The lowest BCUT2D eigenvalue weighted by Gasteiger charge is -2.26. The van der Waals surface area contributed by atoms with Crippen LogP contribution in [0, 0.1) is 5.92 Å². The number of ether oxygens (including phenoxy) is 1. The highest BCUT2D eigenvalue weighted by Gasteiger charge is 2.19. The molecule has 0 heterocycles. The topological polar surface area (TPSA) is 21.3 Å². The average molecular weight is 247 g/mol. The molecule has 0 saturated heterocycles. The molecule has 1 aliphatic rings. The quantitative estimate of drug-likeness (QED) is 0.851. The van der Waals surface area contributed by atoms with E-state index in [1.807, 2.05) is 0 Å². The van der Waals surface area contributed by atoms with E-state index >= 15 is 0 Å². The van der Waals surface area contributed by atoms with Crippen molar-refractivity contribution in [2.75, 3.05) is 14.2 Å². The maximum atomic E-state index is 5.21. The second kappa shape index (κ2) is 6.79. The van der Waals surface area contributed by atoms with Crippen molar-refractivity contribution in [2.45, 2.75) is 44.6 Å². The van der Waals surface area contributed by atoms with Gasteiger partial charge in [0.1, 0.15) is 5.75 Å². The molecule has 0 radical (unpaired) electrons. The van der Waals surface area contributed by atoms with Gasteiger partial charge in [0.15, 0.2) is 0 Å². The Morgan fingerprint density at radius 1 is 1.17 bits per heavy atom. The van der Waals surface area contributed by atoms with Crippen molar-refractivity contribution in [3.8, 4) is 5.75 Å². The van der Waals surface area contributed by atoms with Gasteiger partial charge in [0.2, 0.25) is 0 Å². The van der Waals surface area contributed by atoms with Gasteiger partial charge in [0.25, 0.3) is 0 Å². The van der Waals surface area contributed by atoms with Crippen LogP contribution in [0.15, 0.2) is 24.3 Å². The molecule has 2 nitrogen and oxygen atoms in total. The first-order valence-corrected chi connectivity index (χ1v) is 7.14. The van der Waals surface area contributed by atoms with Gasteiger partial charge in [-0.2, -0.15) is 0 Å². The van der Waals surface area contributed by atoms with Crippen LogP contribution in [0.3, 0.4) is 0 Å². The first-order chi connectivity index (χ1) is 8.83. The van der Waals surface area contributed by atoms with Gasteiger partial charge in [-0.15, -0.1) is 0 Å². The van der Waals surface area contributed by atoms with E-state index in [1.165, 1.54) is 44.1 Å². The molecule has 100 valence electrons. The maximum absolute atomic E-state index is 5.21. The number of rotatable bonds is 5. The zero-order valence-electron chi connectivity index (χ0n) is 11.6. The van der Waals surface area contributed by atoms with Gasteiger partial charge in [-0.1, -0.05) is 44.2 Å². The third-order valence-electron chi connectivity index (χ3n) is 4.16. The molecule has 0 aliphatic heterocycles. The molecule has 18 heavy (non-hydrogen) atoms. The third kappa shape index (κ3) is 3.49. The Morgan fingerprint density at radius 3 is 2.39 bits per heavy atom. The normalized spacial score (nSPS) is 18.6. The molecule has 0 bridgehead atoms. The highest BCUT2D eigenvalue weighted by Crippen LogP contribution is 2.32. The summed E-state index contributed by atoms with van der Waals surface area (Å²) in [5.74, 6) is 1.84. The number of hydrogen-bond acceptors (Lipinski definition) is 2. The van der Waals surface area contributed by atoms with Crippen LogP contribution in [0.1, 0.15) is 50.1 Å². The van der Waals surface area contributed by atoms with Crippen molar-refractivity contribution in [1.82, 2.24) is 5.32 Å². The molecule has 1 fully saturated rings. The summed E-state index contributed by atoms with van der Waals surface area (Å²) in [5, 5.41) is 3.46. The van der Waals surface area contributed by atoms with Crippen LogP contribution in [0.5, 0.6) is 5.75 Å². The maximum Gasteiger partial charge on any atom is 0.118 e. The second-order valence-corrected chi connectivity index (χ2v) is 5.35. The molecule has 0 amide bonds. The molecule has 1 N–H and O–H groups in total. The zero-order valence-corrected chi connectivity index (χ0v) is 11.6. The lowest BCUT2D eigenvalue weighted by atomic mass is 9.83. The molecule has 2 rings (SSSR count). The van der Waals surface area contributed by atoms with E-state index in [1.54, 1.807) is 7.11 Å². The number of benzene rings is 1. The summed E-state index contributed by atoms with van der Waals surface area (Å²) in [6.07, 6.45) is 8.36. The summed E-state index contributed by atoms with van der Waals surface area (Å²) >= 11 is 0. The first kappa shape index (κ1) is 13.4. The highest BCUT2D eigenvalue weighted by molar-refractivity contribution is 5.29. The fraction of sp³-hybridized carbons (Fsp3) is 0.625. The number of hydrogen-bond donors (Lipinski definition) is 1. The number of nitrogens with one attached hydrogen (secondary N) is 1. The van der Waals surface area contributed by atoms with E-state index < -0.39 is 0 Å². The third-order valence-corrected chi connectivity index (χ3v) is 4.16. The van der Waals surface area contributed by atoms with Crippen LogP contribution in [-0.4, -0.2) is 14.2 Å². The van der Waals surface area contributed by atoms with Gasteiger partial charge in [0.05, 0.1) is 7.11 Å². The van der Waals surface area contributed by atoms with E-state index in [0.717, 1.165) is 11.7 Å². The molecule has 1 atom stereocenters. The molecule has 1 saturated carbocycles. The van der Waals surface area contributed by atoms with Crippen LogP contribution in [0.25, 0.3) is 0 Å². The van der Waals surface area contributed by atoms with Crippen molar-refractivity contribution in [1.29, 1.82) is 0 Å². The molecule has 2 heteroatoms. The standard InChI is InChI=1S/C16H25NO/c1-17-16(12-13-6-4-3-5-7-13)14-8-10-15(18-2)11-9-14/h8-11,13,16-17H,3-7,12H2,1-2H3. The van der Waals surface area contributed by atoms with E-state index in [9.17, 15) is 0 Å². The lowest BCUT2D eigenvalue weighted by molar-refractivity contribution is 0.305. The molecule has 1 unspecified atom stereocenters. The Balaban J connectivity index is 1.97. The summed E-state index contributed by atoms with van der Waals surface area (Å²) in [5.41, 5.74) is 1.38. The van der Waals surface area contributed by atoms with Crippen LogP contribution in [-0.2, 0) is 0 Å². The second-order valence-electron chi connectivity index (χ2n) is 5.35. The molecular weight excluding hydrogens is 222 g/mol. The Hall–Kier alpha value is -1.02. The van der Waals surface area contributed by atoms with Gasteiger partial charge in [-0.05, 0) is 37.1 Å². The average Bonchev–Trinajstić information content (AvgIpc) is 2.46. The van der Waals surface area contributed by atoms with Gasteiger partial charge in [0, 0.05) is 6.04 Å². The summed E-state index contributed by atoms with van der Waals surface area (Å²) in [6, 6.07) is 8.96. The first-order valence-electron chi connectivity index (χ1n) is 7.14. The smallest absolute Gasteiger partial charge is 0.118 e. The van der Waals surface area contributed by atoms with E-state index in [0.29, 0.717) is 6.04 Å². The van der Waals surface area contributed by atoms with Crippen LogP contribution in [0.2, 0.25) is 0 Å². The van der Waals surface area contributed by atoms with E-state index in [-0.39, 0.29) is 0 Å². The number of methoxy groups -OCH3 is 1. The summed E-state index contributed by atoms with van der Waals surface area (Å²) in [7, 11) is 3.78. The van der Waals surface area contributed by atoms with Gasteiger partial charge >= 0.3 is 0 Å². The van der Waals surface area contributed by atoms with Crippen LogP contribution >= 0.6 is 0 Å². The molecular formula is C16H25NO. The van der Waals surface area contributed by atoms with Crippen molar-refractivity contribution in [2.24, 2.45) is 5.92 Å². The molecule has 0 spiro atoms. The minimum Gasteiger partial charge on any atom is -0.497 e. The Bertz CT molecular complexity index is 341. The van der Waals surface area contributed by atoms with Crippen molar-refractivity contribution >= 4 is 0 Å². The van der Waals surface area contributed by atoms with Crippen LogP contribution < -0.4 is 10.1 Å². The zero-order chi connectivity index (χ0) is 12.8. The summed E-state index contributed by atoms with van der Waals surface area (Å²) < 4.78 is 5.21.